The summed E-state index contributed by atoms with van der Waals surface area (Å²) in [7, 11) is 0. The zero-order valence-electron chi connectivity index (χ0n) is 7.38. The number of nitrogens with one attached hydrogen (secondary N) is 1. The normalized spacial score (nSPS) is 29.8. The Morgan fingerprint density at radius 1 is 1.33 bits per heavy atom. The predicted octanol–water partition coefficient (Wildman–Crippen LogP) is -1.38. The number of morpholine rings is 1. The zero-order valence-corrected chi connectivity index (χ0v) is 7.38. The highest BCUT2D eigenvalue weighted by Crippen LogP contribution is 2.20. The van der Waals surface area contributed by atoms with E-state index in [1.165, 1.54) is 0 Å². The third-order valence-corrected chi connectivity index (χ3v) is 2.97. The van der Waals surface area contributed by atoms with Gasteiger partial charge in [0.1, 0.15) is 0 Å². The van der Waals surface area contributed by atoms with Crippen LogP contribution in [0.4, 0.5) is 0 Å². The first-order valence-electron chi connectivity index (χ1n) is 4.61. The lowest BCUT2D eigenvalue weighted by molar-refractivity contribution is -0.0396. The fourth-order valence-electron chi connectivity index (χ4n) is 1.95. The third-order valence-electron chi connectivity index (χ3n) is 2.97. The molecule has 2 aliphatic heterocycles. The number of ether oxygens (including phenoxy) is 1. The number of nitrogens with two attached hydrogens (primary N) is 1. The fourth-order valence-corrected chi connectivity index (χ4v) is 1.95. The van der Waals surface area contributed by atoms with Crippen LogP contribution in [0, 0.1) is 0 Å². The minimum atomic E-state index is 0.254. The minimum absolute atomic E-state index is 0.254. The molecule has 70 valence electrons. The molecule has 0 amide bonds. The Hall–Kier alpha value is -0.160. The van der Waals surface area contributed by atoms with Crippen molar-refractivity contribution < 1.29 is 4.74 Å². The van der Waals surface area contributed by atoms with Gasteiger partial charge in [-0.1, -0.05) is 0 Å². The van der Waals surface area contributed by atoms with Crippen molar-refractivity contribution in [2.75, 3.05) is 45.9 Å². The van der Waals surface area contributed by atoms with Crippen molar-refractivity contribution in [2.45, 2.75) is 5.54 Å². The molecule has 2 fully saturated rings. The summed E-state index contributed by atoms with van der Waals surface area (Å²) in [5, 5.41) is 3.29. The standard InChI is InChI=1S/C8H17N3O/c9-5-8(6-10-7-8)11-1-3-12-4-2-11/h10H,1-7,9H2. The van der Waals surface area contributed by atoms with Crippen LogP contribution in [0.1, 0.15) is 0 Å². The average molecular weight is 171 g/mol. The van der Waals surface area contributed by atoms with Gasteiger partial charge < -0.3 is 15.8 Å². The maximum atomic E-state index is 5.78. The van der Waals surface area contributed by atoms with Crippen molar-refractivity contribution >= 4 is 0 Å². The molecule has 0 saturated carbocycles. The molecular formula is C8H17N3O. The Bertz CT molecular complexity index is 147. The average Bonchev–Trinajstić information content (AvgIpc) is 2.05. The van der Waals surface area contributed by atoms with Crippen LogP contribution < -0.4 is 11.1 Å². The number of hydrogen-bond donors (Lipinski definition) is 2. The van der Waals surface area contributed by atoms with Crippen molar-refractivity contribution in [2.24, 2.45) is 5.73 Å². The van der Waals surface area contributed by atoms with Gasteiger partial charge in [-0.25, -0.2) is 0 Å². The molecule has 3 N–H and O–H groups in total. The molecule has 4 heteroatoms. The van der Waals surface area contributed by atoms with Gasteiger partial charge in [0.15, 0.2) is 0 Å². The van der Waals surface area contributed by atoms with E-state index in [-0.39, 0.29) is 5.54 Å². The van der Waals surface area contributed by atoms with Crippen molar-refractivity contribution in [1.29, 1.82) is 0 Å². The lowest BCUT2D eigenvalue weighted by atomic mass is 9.90. The van der Waals surface area contributed by atoms with E-state index in [0.717, 1.165) is 45.9 Å². The fraction of sp³-hybridized carbons (Fsp3) is 1.00. The van der Waals surface area contributed by atoms with Gasteiger partial charge in [-0.2, -0.15) is 0 Å². The molecule has 12 heavy (non-hydrogen) atoms. The smallest absolute Gasteiger partial charge is 0.0594 e. The van der Waals surface area contributed by atoms with Gasteiger partial charge in [0.25, 0.3) is 0 Å². The molecule has 0 spiro atoms. The molecule has 2 saturated heterocycles. The van der Waals surface area contributed by atoms with Gasteiger partial charge in [0.05, 0.1) is 18.8 Å². The lowest BCUT2D eigenvalue weighted by Gasteiger charge is -2.51. The summed E-state index contributed by atoms with van der Waals surface area (Å²) in [4.78, 5) is 2.47. The van der Waals surface area contributed by atoms with Crippen molar-refractivity contribution in [1.82, 2.24) is 10.2 Å². The summed E-state index contributed by atoms with van der Waals surface area (Å²) in [6.07, 6.45) is 0. The molecule has 0 unspecified atom stereocenters. The van der Waals surface area contributed by atoms with Crippen molar-refractivity contribution in [3.05, 3.63) is 0 Å². The lowest BCUT2D eigenvalue weighted by Crippen LogP contribution is -2.73. The van der Waals surface area contributed by atoms with Crippen LogP contribution >= 0.6 is 0 Å². The SMILES string of the molecule is NCC1(N2CCOCC2)CNC1. The van der Waals surface area contributed by atoms with Crippen LogP contribution in [0.3, 0.4) is 0 Å². The third kappa shape index (κ3) is 1.25. The second-order valence-corrected chi connectivity index (χ2v) is 3.63. The maximum Gasteiger partial charge on any atom is 0.0594 e. The maximum absolute atomic E-state index is 5.78. The van der Waals surface area contributed by atoms with E-state index in [0.29, 0.717) is 0 Å². The second kappa shape index (κ2) is 3.30. The molecule has 0 aliphatic carbocycles. The van der Waals surface area contributed by atoms with Crippen molar-refractivity contribution in [3.8, 4) is 0 Å². The van der Waals surface area contributed by atoms with Crippen LogP contribution in [-0.4, -0.2) is 56.4 Å². The van der Waals surface area contributed by atoms with Crippen LogP contribution in [-0.2, 0) is 4.74 Å². The molecule has 0 aromatic heterocycles. The van der Waals surface area contributed by atoms with Gasteiger partial charge in [-0.3, -0.25) is 4.90 Å². The topological polar surface area (TPSA) is 50.5 Å². The summed E-state index contributed by atoms with van der Waals surface area (Å²) >= 11 is 0. The summed E-state index contributed by atoms with van der Waals surface area (Å²) in [5.74, 6) is 0. The molecule has 0 radical (unpaired) electrons. The van der Waals surface area contributed by atoms with E-state index in [1.54, 1.807) is 0 Å². The Balaban J connectivity index is 1.95. The minimum Gasteiger partial charge on any atom is -0.379 e. The summed E-state index contributed by atoms with van der Waals surface area (Å²) in [5.41, 5.74) is 6.03. The summed E-state index contributed by atoms with van der Waals surface area (Å²) < 4.78 is 5.31. The Morgan fingerprint density at radius 2 is 2.00 bits per heavy atom. The predicted molar refractivity (Wildman–Crippen MR) is 47.0 cm³/mol. The molecule has 0 aromatic rings. The summed E-state index contributed by atoms with van der Waals surface area (Å²) in [6, 6.07) is 0. The van der Waals surface area contributed by atoms with Gasteiger partial charge in [0.2, 0.25) is 0 Å². The van der Waals surface area contributed by atoms with E-state index in [1.807, 2.05) is 0 Å². The number of rotatable bonds is 2. The van der Waals surface area contributed by atoms with E-state index in [9.17, 15) is 0 Å². The molecular weight excluding hydrogens is 154 g/mol. The Labute approximate surface area is 73.0 Å². The van der Waals surface area contributed by atoms with Crippen LogP contribution in [0.25, 0.3) is 0 Å². The molecule has 0 atom stereocenters. The number of nitrogens with zero attached hydrogens (tertiary/aromatic N) is 1. The molecule has 0 aromatic carbocycles. The molecule has 4 nitrogen and oxygen atoms in total. The number of hydrogen-bond acceptors (Lipinski definition) is 4. The largest absolute Gasteiger partial charge is 0.379 e. The first-order chi connectivity index (χ1) is 5.87. The van der Waals surface area contributed by atoms with Gasteiger partial charge in [-0.15, -0.1) is 0 Å². The van der Waals surface area contributed by atoms with E-state index >= 15 is 0 Å². The molecule has 2 rings (SSSR count). The van der Waals surface area contributed by atoms with E-state index < -0.39 is 0 Å². The van der Waals surface area contributed by atoms with E-state index in [4.69, 9.17) is 10.5 Å². The quantitative estimate of drug-likeness (QED) is 0.537. The summed E-state index contributed by atoms with van der Waals surface area (Å²) in [6.45, 7) is 6.66. The van der Waals surface area contributed by atoms with Gasteiger partial charge >= 0.3 is 0 Å². The molecule has 2 heterocycles. The molecule has 2 aliphatic rings. The zero-order chi connectivity index (χ0) is 8.44. The highest BCUT2D eigenvalue weighted by molar-refractivity contribution is 5.03. The highest BCUT2D eigenvalue weighted by atomic mass is 16.5. The van der Waals surface area contributed by atoms with E-state index in [2.05, 4.69) is 10.2 Å². The van der Waals surface area contributed by atoms with Crippen molar-refractivity contribution in [3.63, 3.8) is 0 Å². The highest BCUT2D eigenvalue weighted by Gasteiger charge is 2.41. The van der Waals surface area contributed by atoms with Crippen LogP contribution in [0.2, 0.25) is 0 Å². The van der Waals surface area contributed by atoms with Gasteiger partial charge in [-0.05, 0) is 0 Å². The first-order valence-corrected chi connectivity index (χ1v) is 4.61. The second-order valence-electron chi connectivity index (χ2n) is 3.63. The first kappa shape index (κ1) is 8.44. The Morgan fingerprint density at radius 3 is 2.42 bits per heavy atom. The Kier molecular flexibility index (Phi) is 2.32. The van der Waals surface area contributed by atoms with Crippen LogP contribution in [0.15, 0.2) is 0 Å². The molecule has 0 bridgehead atoms. The monoisotopic (exact) mass is 171 g/mol. The van der Waals surface area contributed by atoms with Crippen LogP contribution in [0.5, 0.6) is 0 Å². The van der Waals surface area contributed by atoms with Gasteiger partial charge in [0, 0.05) is 32.7 Å².